The fraction of sp³-hybridized carbons (Fsp3) is 0.917. The molecule has 2 fully saturated rings. The zero-order valence-electron chi connectivity index (χ0n) is 9.46. The Kier molecular flexibility index (Phi) is 3.29. The van der Waals surface area contributed by atoms with Crippen LogP contribution in [-0.2, 0) is 14.3 Å². The minimum absolute atomic E-state index is 0.104. The number of ether oxygens (including phenoxy) is 2. The van der Waals surface area contributed by atoms with Crippen LogP contribution in [0.3, 0.4) is 0 Å². The van der Waals surface area contributed by atoms with Crippen molar-refractivity contribution in [3.05, 3.63) is 0 Å². The first-order chi connectivity index (χ1) is 7.27. The quantitative estimate of drug-likeness (QED) is 0.673. The molecule has 1 aliphatic heterocycles. The molecule has 1 aliphatic carbocycles. The van der Waals surface area contributed by atoms with Crippen LogP contribution in [0.15, 0.2) is 0 Å². The van der Waals surface area contributed by atoms with Crippen LogP contribution in [0.2, 0.25) is 0 Å². The van der Waals surface area contributed by atoms with Crippen LogP contribution in [0, 0.1) is 5.41 Å². The highest BCUT2D eigenvalue weighted by Crippen LogP contribution is 2.48. The van der Waals surface area contributed by atoms with Gasteiger partial charge < -0.3 is 9.47 Å². The van der Waals surface area contributed by atoms with Gasteiger partial charge in [0.25, 0.3) is 0 Å². The van der Waals surface area contributed by atoms with E-state index in [1.165, 1.54) is 32.1 Å². The highest BCUT2D eigenvalue weighted by molar-refractivity contribution is 5.70. The van der Waals surface area contributed by atoms with Gasteiger partial charge >= 0.3 is 5.97 Å². The van der Waals surface area contributed by atoms with Crippen molar-refractivity contribution in [1.29, 1.82) is 0 Å². The van der Waals surface area contributed by atoms with E-state index in [1.54, 1.807) is 0 Å². The van der Waals surface area contributed by atoms with E-state index in [9.17, 15) is 4.79 Å². The summed E-state index contributed by atoms with van der Waals surface area (Å²) in [6.07, 6.45) is 6.98. The predicted molar refractivity (Wildman–Crippen MR) is 56.5 cm³/mol. The van der Waals surface area contributed by atoms with E-state index < -0.39 is 0 Å². The average molecular weight is 212 g/mol. The molecule has 1 spiro atoms. The van der Waals surface area contributed by atoms with E-state index in [2.05, 4.69) is 0 Å². The lowest BCUT2D eigenvalue weighted by Gasteiger charge is -2.51. The first kappa shape index (κ1) is 10.9. The molecule has 3 heteroatoms. The van der Waals surface area contributed by atoms with Crippen LogP contribution >= 0.6 is 0 Å². The van der Waals surface area contributed by atoms with Crippen LogP contribution < -0.4 is 0 Å². The van der Waals surface area contributed by atoms with Crippen LogP contribution in [0.1, 0.15) is 45.4 Å². The number of hydrogen-bond acceptors (Lipinski definition) is 3. The molecule has 1 heterocycles. The fourth-order valence-electron chi connectivity index (χ4n) is 2.81. The van der Waals surface area contributed by atoms with Gasteiger partial charge in [0.15, 0.2) is 0 Å². The van der Waals surface area contributed by atoms with Gasteiger partial charge in [-0.2, -0.15) is 0 Å². The standard InChI is InChI=1S/C12H20O3/c1-2-14-11(13)8-10-12(9-15-10)6-4-3-5-7-12/h10H,2-9H2,1H3. The van der Waals surface area contributed by atoms with E-state index in [0.717, 1.165) is 6.61 Å². The van der Waals surface area contributed by atoms with Gasteiger partial charge in [0.2, 0.25) is 0 Å². The highest BCUT2D eigenvalue weighted by Gasteiger charge is 2.49. The molecule has 3 nitrogen and oxygen atoms in total. The molecule has 2 aliphatic rings. The zero-order valence-corrected chi connectivity index (χ0v) is 9.46. The number of carbonyl (C=O) groups excluding carboxylic acids is 1. The van der Waals surface area contributed by atoms with Crippen molar-refractivity contribution < 1.29 is 14.3 Å². The number of hydrogen-bond donors (Lipinski definition) is 0. The van der Waals surface area contributed by atoms with Crippen molar-refractivity contribution in [2.75, 3.05) is 13.2 Å². The Morgan fingerprint density at radius 2 is 2.13 bits per heavy atom. The number of esters is 1. The molecule has 0 aromatic rings. The van der Waals surface area contributed by atoms with Gasteiger partial charge in [-0.15, -0.1) is 0 Å². The van der Waals surface area contributed by atoms with Gasteiger partial charge in [0.05, 0.1) is 25.7 Å². The first-order valence-corrected chi connectivity index (χ1v) is 6.04. The van der Waals surface area contributed by atoms with E-state index in [4.69, 9.17) is 9.47 Å². The molecule has 0 radical (unpaired) electrons. The van der Waals surface area contributed by atoms with Crippen LogP contribution in [0.25, 0.3) is 0 Å². The van der Waals surface area contributed by atoms with Gasteiger partial charge in [0, 0.05) is 5.41 Å². The second-order valence-electron chi connectivity index (χ2n) is 4.73. The summed E-state index contributed by atoms with van der Waals surface area (Å²) in [4.78, 5) is 11.4. The maximum Gasteiger partial charge on any atom is 0.308 e. The van der Waals surface area contributed by atoms with Gasteiger partial charge in [-0.3, -0.25) is 4.79 Å². The van der Waals surface area contributed by atoms with Gasteiger partial charge in [0.1, 0.15) is 0 Å². The largest absolute Gasteiger partial charge is 0.466 e. The Labute approximate surface area is 91.1 Å². The SMILES string of the molecule is CCOC(=O)CC1OCC12CCCCC2. The van der Waals surface area contributed by atoms with E-state index >= 15 is 0 Å². The maximum atomic E-state index is 11.4. The highest BCUT2D eigenvalue weighted by atomic mass is 16.5. The zero-order chi connectivity index (χ0) is 10.7. The average Bonchev–Trinajstić information content (AvgIpc) is 2.26. The lowest BCUT2D eigenvalue weighted by atomic mass is 9.67. The van der Waals surface area contributed by atoms with Gasteiger partial charge in [-0.1, -0.05) is 19.3 Å². The Hall–Kier alpha value is -0.570. The summed E-state index contributed by atoms with van der Waals surface area (Å²) in [5, 5.41) is 0. The van der Waals surface area contributed by atoms with Crippen LogP contribution in [-0.4, -0.2) is 25.3 Å². The van der Waals surface area contributed by atoms with Crippen molar-refractivity contribution in [3.8, 4) is 0 Å². The second-order valence-corrected chi connectivity index (χ2v) is 4.73. The van der Waals surface area contributed by atoms with Gasteiger partial charge in [-0.05, 0) is 19.8 Å². The summed E-state index contributed by atoms with van der Waals surface area (Å²) >= 11 is 0. The lowest BCUT2D eigenvalue weighted by molar-refractivity contribution is -0.209. The van der Waals surface area contributed by atoms with Gasteiger partial charge in [-0.25, -0.2) is 0 Å². The molecule has 1 atom stereocenters. The Morgan fingerprint density at radius 3 is 2.67 bits per heavy atom. The smallest absolute Gasteiger partial charge is 0.308 e. The van der Waals surface area contributed by atoms with E-state index in [0.29, 0.717) is 18.4 Å². The summed E-state index contributed by atoms with van der Waals surface area (Å²) in [6, 6.07) is 0. The molecule has 2 rings (SSSR count). The topological polar surface area (TPSA) is 35.5 Å². The van der Waals surface area contributed by atoms with Crippen molar-refractivity contribution >= 4 is 5.97 Å². The Balaban J connectivity index is 1.85. The second kappa shape index (κ2) is 4.52. The van der Waals surface area contributed by atoms with E-state index in [1.807, 2.05) is 6.92 Å². The third-order valence-corrected chi connectivity index (χ3v) is 3.76. The summed E-state index contributed by atoms with van der Waals surface area (Å²) in [7, 11) is 0. The summed E-state index contributed by atoms with van der Waals surface area (Å²) in [6.45, 7) is 3.17. The summed E-state index contributed by atoms with van der Waals surface area (Å²) < 4.78 is 10.5. The molecule has 0 bridgehead atoms. The fourth-order valence-corrected chi connectivity index (χ4v) is 2.81. The van der Waals surface area contributed by atoms with Crippen molar-refractivity contribution in [1.82, 2.24) is 0 Å². The molecular weight excluding hydrogens is 192 g/mol. The third kappa shape index (κ3) is 2.17. The molecule has 1 saturated carbocycles. The predicted octanol–water partition coefficient (Wildman–Crippen LogP) is 2.29. The first-order valence-electron chi connectivity index (χ1n) is 6.04. The normalized spacial score (nSPS) is 28.5. The molecule has 1 unspecified atom stereocenters. The lowest BCUT2D eigenvalue weighted by Crippen LogP contribution is -2.53. The van der Waals surface area contributed by atoms with E-state index in [-0.39, 0.29) is 12.1 Å². The molecule has 0 aromatic heterocycles. The summed E-state index contributed by atoms with van der Waals surface area (Å²) in [5.41, 5.74) is 0.324. The Morgan fingerprint density at radius 1 is 1.40 bits per heavy atom. The Bertz CT molecular complexity index is 231. The van der Waals surface area contributed by atoms with Crippen molar-refractivity contribution in [2.45, 2.75) is 51.6 Å². The third-order valence-electron chi connectivity index (χ3n) is 3.76. The number of rotatable bonds is 3. The molecule has 0 amide bonds. The minimum Gasteiger partial charge on any atom is -0.466 e. The molecule has 86 valence electrons. The monoisotopic (exact) mass is 212 g/mol. The molecule has 1 saturated heterocycles. The minimum atomic E-state index is -0.104. The van der Waals surface area contributed by atoms with Crippen molar-refractivity contribution in [3.63, 3.8) is 0 Å². The van der Waals surface area contributed by atoms with Crippen LogP contribution in [0.4, 0.5) is 0 Å². The molecular formula is C12H20O3. The molecule has 0 N–H and O–H groups in total. The van der Waals surface area contributed by atoms with Crippen LogP contribution in [0.5, 0.6) is 0 Å². The molecule has 0 aromatic carbocycles. The maximum absolute atomic E-state index is 11.4. The van der Waals surface area contributed by atoms with Crippen molar-refractivity contribution in [2.24, 2.45) is 5.41 Å². The molecule has 15 heavy (non-hydrogen) atoms. The number of carbonyl (C=O) groups is 1. The summed E-state index contributed by atoms with van der Waals surface area (Å²) in [5.74, 6) is -0.104.